The maximum atomic E-state index is 13.1. The minimum absolute atomic E-state index is 0.000160. The third kappa shape index (κ3) is 3.32. The zero-order chi connectivity index (χ0) is 19.8. The molecule has 1 amide bonds. The number of rotatable bonds is 3. The van der Waals surface area contributed by atoms with Gasteiger partial charge >= 0.3 is 0 Å². The molecular formula is C21H25N7O. The van der Waals surface area contributed by atoms with Crippen LogP contribution in [0.3, 0.4) is 0 Å². The lowest BCUT2D eigenvalue weighted by Crippen LogP contribution is -2.36. The summed E-state index contributed by atoms with van der Waals surface area (Å²) in [5, 5.41) is 16.6. The van der Waals surface area contributed by atoms with Crippen LogP contribution in [0.1, 0.15) is 53.3 Å². The summed E-state index contributed by atoms with van der Waals surface area (Å²) in [7, 11) is 1.88. The quantitative estimate of drug-likeness (QED) is 0.738. The van der Waals surface area contributed by atoms with Crippen LogP contribution >= 0.6 is 0 Å². The van der Waals surface area contributed by atoms with Crippen LogP contribution in [-0.4, -0.2) is 41.5 Å². The van der Waals surface area contributed by atoms with E-state index in [4.69, 9.17) is 0 Å². The SMILES string of the molecule is Cn1nc2c(c1C(=O)NC1CCc3nnc(-c4ccncc4)n3CC1)CCCC2. The minimum Gasteiger partial charge on any atom is -0.348 e. The summed E-state index contributed by atoms with van der Waals surface area (Å²) in [5.74, 6) is 1.85. The highest BCUT2D eigenvalue weighted by Crippen LogP contribution is 2.25. The molecule has 1 atom stereocenters. The van der Waals surface area contributed by atoms with Gasteiger partial charge in [0.25, 0.3) is 5.91 Å². The number of aryl methyl sites for hydroxylation is 3. The summed E-state index contributed by atoms with van der Waals surface area (Å²) < 4.78 is 3.94. The lowest BCUT2D eigenvalue weighted by Gasteiger charge is -2.17. The Morgan fingerprint density at radius 3 is 2.79 bits per heavy atom. The average molecular weight is 391 g/mol. The Morgan fingerprint density at radius 1 is 1.10 bits per heavy atom. The number of fused-ring (bicyclic) bond motifs is 2. The van der Waals surface area contributed by atoms with E-state index in [1.165, 1.54) is 0 Å². The summed E-state index contributed by atoms with van der Waals surface area (Å²) in [4.78, 5) is 17.1. The van der Waals surface area contributed by atoms with Gasteiger partial charge in [-0.05, 0) is 50.7 Å². The summed E-state index contributed by atoms with van der Waals surface area (Å²) >= 11 is 0. The molecule has 3 aromatic rings. The molecule has 0 saturated heterocycles. The predicted octanol–water partition coefficient (Wildman–Crippen LogP) is 2.09. The van der Waals surface area contributed by atoms with Gasteiger partial charge < -0.3 is 9.88 Å². The molecule has 4 heterocycles. The van der Waals surface area contributed by atoms with E-state index in [-0.39, 0.29) is 11.9 Å². The molecule has 1 aliphatic carbocycles. The second kappa shape index (κ2) is 7.42. The Kier molecular flexibility index (Phi) is 4.61. The van der Waals surface area contributed by atoms with Crippen molar-refractivity contribution in [2.45, 2.75) is 57.5 Å². The molecule has 2 aliphatic rings. The van der Waals surface area contributed by atoms with Crippen LogP contribution in [0, 0.1) is 0 Å². The normalized spacial score (nSPS) is 18.6. The molecule has 0 radical (unpaired) electrons. The van der Waals surface area contributed by atoms with Gasteiger partial charge in [-0.1, -0.05) is 0 Å². The predicted molar refractivity (Wildman–Crippen MR) is 107 cm³/mol. The molecule has 0 fully saturated rings. The number of hydrogen-bond donors (Lipinski definition) is 1. The van der Waals surface area contributed by atoms with Gasteiger partial charge in [-0.2, -0.15) is 5.10 Å². The van der Waals surface area contributed by atoms with E-state index in [9.17, 15) is 4.79 Å². The highest BCUT2D eigenvalue weighted by atomic mass is 16.2. The number of amides is 1. The first kappa shape index (κ1) is 18.0. The van der Waals surface area contributed by atoms with E-state index in [2.05, 4.69) is 30.2 Å². The first-order chi connectivity index (χ1) is 14.2. The van der Waals surface area contributed by atoms with Gasteiger partial charge in [0.1, 0.15) is 11.5 Å². The maximum Gasteiger partial charge on any atom is 0.270 e. The molecule has 8 heteroatoms. The topological polar surface area (TPSA) is 90.5 Å². The van der Waals surface area contributed by atoms with E-state index in [1.807, 2.05) is 19.2 Å². The van der Waals surface area contributed by atoms with Gasteiger partial charge in [0.05, 0.1) is 5.69 Å². The molecule has 0 saturated carbocycles. The first-order valence-corrected chi connectivity index (χ1v) is 10.4. The molecule has 150 valence electrons. The Hall–Kier alpha value is -3.03. The van der Waals surface area contributed by atoms with E-state index in [0.29, 0.717) is 0 Å². The van der Waals surface area contributed by atoms with E-state index < -0.39 is 0 Å². The van der Waals surface area contributed by atoms with Crippen LogP contribution in [0.2, 0.25) is 0 Å². The second-order valence-electron chi connectivity index (χ2n) is 7.93. The van der Waals surface area contributed by atoms with Crippen LogP contribution in [0.4, 0.5) is 0 Å². The van der Waals surface area contributed by atoms with Gasteiger partial charge in [0, 0.05) is 49.6 Å². The van der Waals surface area contributed by atoms with Crippen molar-refractivity contribution in [3.8, 4) is 11.4 Å². The zero-order valence-electron chi connectivity index (χ0n) is 16.6. The van der Waals surface area contributed by atoms with Crippen molar-refractivity contribution in [1.29, 1.82) is 0 Å². The third-order valence-electron chi connectivity index (χ3n) is 6.05. The van der Waals surface area contributed by atoms with Crippen LogP contribution < -0.4 is 5.32 Å². The van der Waals surface area contributed by atoms with E-state index in [1.54, 1.807) is 17.1 Å². The molecule has 0 aromatic carbocycles. The summed E-state index contributed by atoms with van der Waals surface area (Å²) in [6.45, 7) is 0.786. The summed E-state index contributed by atoms with van der Waals surface area (Å²) in [6, 6.07) is 4.02. The molecule has 0 bridgehead atoms. The minimum atomic E-state index is 0.000160. The number of carbonyl (C=O) groups excluding carboxylic acids is 1. The monoisotopic (exact) mass is 391 g/mol. The Labute approximate surface area is 169 Å². The van der Waals surface area contributed by atoms with Crippen LogP contribution in [0.25, 0.3) is 11.4 Å². The number of nitrogens with one attached hydrogen (secondary N) is 1. The van der Waals surface area contributed by atoms with Crippen molar-refractivity contribution in [3.63, 3.8) is 0 Å². The van der Waals surface area contributed by atoms with Crippen LogP contribution in [-0.2, 0) is 32.9 Å². The smallest absolute Gasteiger partial charge is 0.270 e. The number of hydrogen-bond acceptors (Lipinski definition) is 5. The molecule has 1 N–H and O–H groups in total. The Balaban J connectivity index is 1.32. The van der Waals surface area contributed by atoms with Crippen molar-refractivity contribution >= 4 is 5.91 Å². The molecular weight excluding hydrogens is 366 g/mol. The number of carbonyl (C=O) groups is 1. The standard InChI is InChI=1S/C21H25N7O/c1-27-19(16-4-2-3-5-17(16)26-27)21(29)23-15-6-7-18-24-25-20(28(18)13-10-15)14-8-11-22-12-9-14/h8-9,11-12,15H,2-7,10,13H2,1H3,(H,23,29). The summed E-state index contributed by atoms with van der Waals surface area (Å²) in [5.41, 5.74) is 3.99. The summed E-state index contributed by atoms with van der Waals surface area (Å²) in [6.07, 6.45) is 10.3. The first-order valence-electron chi connectivity index (χ1n) is 10.4. The fraction of sp³-hybridized carbons (Fsp3) is 0.476. The van der Waals surface area contributed by atoms with E-state index >= 15 is 0 Å². The van der Waals surface area contributed by atoms with Crippen LogP contribution in [0.5, 0.6) is 0 Å². The fourth-order valence-corrected chi connectivity index (χ4v) is 4.57. The highest BCUT2D eigenvalue weighted by Gasteiger charge is 2.27. The maximum absolute atomic E-state index is 13.1. The highest BCUT2D eigenvalue weighted by molar-refractivity contribution is 5.94. The van der Waals surface area contributed by atoms with Crippen molar-refractivity contribution in [3.05, 3.63) is 47.3 Å². The van der Waals surface area contributed by atoms with Crippen molar-refractivity contribution < 1.29 is 4.79 Å². The Bertz CT molecular complexity index is 1040. The zero-order valence-corrected chi connectivity index (χ0v) is 16.6. The molecule has 3 aromatic heterocycles. The van der Waals surface area contributed by atoms with Crippen LogP contribution in [0.15, 0.2) is 24.5 Å². The lowest BCUT2D eigenvalue weighted by molar-refractivity contribution is 0.0922. The lowest BCUT2D eigenvalue weighted by atomic mass is 9.95. The molecule has 1 unspecified atom stereocenters. The van der Waals surface area contributed by atoms with Gasteiger partial charge in [-0.25, -0.2) is 0 Å². The van der Waals surface area contributed by atoms with Gasteiger partial charge in [-0.15, -0.1) is 10.2 Å². The molecule has 0 spiro atoms. The number of nitrogens with zero attached hydrogens (tertiary/aromatic N) is 6. The molecule has 5 rings (SSSR count). The van der Waals surface area contributed by atoms with Crippen molar-refractivity contribution in [2.24, 2.45) is 7.05 Å². The van der Waals surface area contributed by atoms with Crippen molar-refractivity contribution in [1.82, 2.24) is 34.8 Å². The Morgan fingerprint density at radius 2 is 1.93 bits per heavy atom. The van der Waals surface area contributed by atoms with Gasteiger partial charge in [-0.3, -0.25) is 14.5 Å². The number of aromatic nitrogens is 6. The van der Waals surface area contributed by atoms with E-state index in [0.717, 1.165) is 85.7 Å². The number of pyridine rings is 1. The second-order valence-corrected chi connectivity index (χ2v) is 7.93. The third-order valence-corrected chi connectivity index (χ3v) is 6.05. The molecule has 8 nitrogen and oxygen atoms in total. The average Bonchev–Trinajstić information content (AvgIpc) is 3.24. The largest absolute Gasteiger partial charge is 0.348 e. The fourth-order valence-electron chi connectivity index (χ4n) is 4.57. The molecule has 1 aliphatic heterocycles. The molecule has 29 heavy (non-hydrogen) atoms. The van der Waals surface area contributed by atoms with Gasteiger partial charge in [0.2, 0.25) is 0 Å². The van der Waals surface area contributed by atoms with Crippen molar-refractivity contribution in [2.75, 3.05) is 0 Å². The van der Waals surface area contributed by atoms with Gasteiger partial charge in [0.15, 0.2) is 5.82 Å².